The van der Waals surface area contributed by atoms with Crippen molar-refractivity contribution in [2.24, 2.45) is 5.92 Å². The predicted molar refractivity (Wildman–Crippen MR) is 91.6 cm³/mol. The maximum absolute atomic E-state index is 12.6. The number of halogens is 2. The van der Waals surface area contributed by atoms with Crippen LogP contribution in [0.2, 0.25) is 0 Å². The van der Waals surface area contributed by atoms with E-state index in [0.717, 1.165) is 12.8 Å². The van der Waals surface area contributed by atoms with E-state index in [-0.39, 0.29) is 36.1 Å². The first-order valence-electron chi connectivity index (χ1n) is 8.82. The number of aliphatic hydroxyl groups excluding tert-OH is 1. The summed E-state index contributed by atoms with van der Waals surface area (Å²) in [6, 6.07) is 4.50. The smallest absolute Gasteiger partial charge is 0.387 e. The lowest BCUT2D eigenvalue weighted by Crippen LogP contribution is -2.36. The highest BCUT2D eigenvalue weighted by Gasteiger charge is 2.33. The van der Waals surface area contributed by atoms with Crippen LogP contribution < -0.4 is 14.8 Å². The summed E-state index contributed by atoms with van der Waals surface area (Å²) in [4.78, 5) is 13.3. The first-order chi connectivity index (χ1) is 12.5. The van der Waals surface area contributed by atoms with Gasteiger partial charge in [-0.15, -0.1) is 0 Å². The monoisotopic (exact) mass is 370 g/mol. The fourth-order valence-corrected chi connectivity index (χ4v) is 3.21. The van der Waals surface area contributed by atoms with E-state index in [1.807, 2.05) is 0 Å². The summed E-state index contributed by atoms with van der Waals surface area (Å²) in [5, 5.41) is 12.7. The van der Waals surface area contributed by atoms with Crippen LogP contribution in [0.5, 0.6) is 11.5 Å². The summed E-state index contributed by atoms with van der Waals surface area (Å²) in [7, 11) is 0. The molecule has 0 radical (unpaired) electrons. The van der Waals surface area contributed by atoms with E-state index in [9.17, 15) is 18.7 Å². The van der Waals surface area contributed by atoms with Gasteiger partial charge < -0.3 is 24.8 Å². The van der Waals surface area contributed by atoms with Crippen LogP contribution in [0.15, 0.2) is 18.2 Å². The summed E-state index contributed by atoms with van der Waals surface area (Å²) in [5.41, 5.74) is 0.699. The molecule has 0 unspecified atom stereocenters. The second kappa shape index (κ2) is 8.07. The van der Waals surface area contributed by atoms with Crippen molar-refractivity contribution in [2.45, 2.75) is 44.9 Å². The number of aliphatic hydroxyl groups is 1. The van der Waals surface area contributed by atoms with Crippen LogP contribution in [-0.2, 0) is 4.79 Å². The van der Waals surface area contributed by atoms with Gasteiger partial charge in [-0.3, -0.25) is 4.79 Å². The van der Waals surface area contributed by atoms with Gasteiger partial charge in [0.15, 0.2) is 11.5 Å². The molecule has 6 nitrogen and oxygen atoms in total. The predicted octanol–water partition coefficient (Wildman–Crippen LogP) is 2.47. The number of nitrogens with zero attached hydrogens (tertiary/aromatic N) is 1. The van der Waals surface area contributed by atoms with Crippen LogP contribution in [0.4, 0.5) is 14.5 Å². The van der Waals surface area contributed by atoms with Crippen molar-refractivity contribution < 1.29 is 28.2 Å². The minimum Gasteiger partial charge on any atom is -0.489 e. The average molecular weight is 370 g/mol. The third-order valence-electron chi connectivity index (χ3n) is 4.73. The maximum Gasteiger partial charge on any atom is 0.387 e. The number of carbonyl (C=O) groups is 1. The third kappa shape index (κ3) is 4.75. The summed E-state index contributed by atoms with van der Waals surface area (Å²) in [5.74, 6) is 0.691. The average Bonchev–Trinajstić information content (AvgIpc) is 3.33. The number of amides is 1. The normalized spacial score (nSPS) is 22.6. The van der Waals surface area contributed by atoms with Crippen molar-refractivity contribution >= 4 is 11.6 Å². The van der Waals surface area contributed by atoms with E-state index in [0.29, 0.717) is 31.2 Å². The fraction of sp³-hybridized carbons (Fsp3) is 0.611. The van der Waals surface area contributed by atoms with Crippen LogP contribution >= 0.6 is 0 Å². The molecule has 8 heteroatoms. The lowest BCUT2D eigenvalue weighted by molar-refractivity contribution is -0.130. The number of anilines is 1. The molecule has 0 spiro atoms. The van der Waals surface area contributed by atoms with Gasteiger partial charge in [0.1, 0.15) is 0 Å². The third-order valence-corrected chi connectivity index (χ3v) is 4.73. The Balaban J connectivity index is 1.68. The molecule has 2 N–H and O–H groups in total. The molecule has 2 atom stereocenters. The lowest BCUT2D eigenvalue weighted by atomic mass is 10.1. The van der Waals surface area contributed by atoms with Crippen molar-refractivity contribution in [1.82, 2.24) is 4.90 Å². The first kappa shape index (κ1) is 18.7. The summed E-state index contributed by atoms with van der Waals surface area (Å²) < 4.78 is 35.4. The van der Waals surface area contributed by atoms with Gasteiger partial charge in [0.05, 0.1) is 19.3 Å². The Labute approximate surface area is 151 Å². The summed E-state index contributed by atoms with van der Waals surface area (Å²) in [6.07, 6.45) is 2.80. The number of hydrogen-bond acceptors (Lipinski definition) is 5. The Morgan fingerprint density at radius 2 is 2.15 bits per heavy atom. The molecule has 1 aromatic carbocycles. The minimum atomic E-state index is -2.92. The minimum absolute atomic E-state index is 0.0104. The van der Waals surface area contributed by atoms with Gasteiger partial charge in [-0.25, -0.2) is 0 Å². The second-order valence-electron chi connectivity index (χ2n) is 6.88. The highest BCUT2D eigenvalue weighted by Crippen LogP contribution is 2.35. The molecule has 2 fully saturated rings. The number of hydrogen-bond donors (Lipinski definition) is 2. The van der Waals surface area contributed by atoms with Crippen molar-refractivity contribution in [2.75, 3.05) is 25.1 Å². The number of benzene rings is 1. The highest BCUT2D eigenvalue weighted by atomic mass is 19.3. The molecule has 0 bridgehead atoms. The summed E-state index contributed by atoms with van der Waals surface area (Å²) >= 11 is 0. The maximum atomic E-state index is 12.6. The van der Waals surface area contributed by atoms with Crippen molar-refractivity contribution in [3.05, 3.63) is 18.2 Å². The Kier molecular flexibility index (Phi) is 5.80. The first-order valence-corrected chi connectivity index (χ1v) is 8.82. The van der Waals surface area contributed by atoms with Crippen LogP contribution in [-0.4, -0.2) is 54.4 Å². The quantitative estimate of drug-likeness (QED) is 0.736. The number of likely N-dealkylation sites (tertiary alicyclic amines) is 1. The van der Waals surface area contributed by atoms with Crippen LogP contribution in [0.3, 0.4) is 0 Å². The van der Waals surface area contributed by atoms with Gasteiger partial charge in [-0.1, -0.05) is 0 Å². The molecular formula is C18H24F2N2O4. The van der Waals surface area contributed by atoms with E-state index in [1.54, 1.807) is 17.0 Å². The topological polar surface area (TPSA) is 71.0 Å². The molecule has 3 rings (SSSR count). The van der Waals surface area contributed by atoms with Crippen LogP contribution in [0.25, 0.3) is 0 Å². The Hall–Kier alpha value is -2.09. The number of carbonyl (C=O) groups excluding carboxylic acids is 1. The van der Waals surface area contributed by atoms with Crippen molar-refractivity contribution in [3.8, 4) is 11.5 Å². The zero-order valence-corrected chi connectivity index (χ0v) is 14.7. The molecule has 1 aliphatic carbocycles. The van der Waals surface area contributed by atoms with E-state index in [4.69, 9.17) is 4.74 Å². The number of ether oxygens (including phenoxy) is 2. The van der Waals surface area contributed by atoms with Gasteiger partial charge >= 0.3 is 6.61 Å². The fourth-order valence-electron chi connectivity index (χ4n) is 3.21. The van der Waals surface area contributed by atoms with Gasteiger partial charge in [-0.2, -0.15) is 8.78 Å². The molecule has 2 aliphatic rings. The summed E-state index contributed by atoms with van der Waals surface area (Å²) in [6.45, 7) is -0.563. The lowest BCUT2D eigenvalue weighted by Gasteiger charge is -2.20. The largest absolute Gasteiger partial charge is 0.489 e. The molecule has 1 saturated carbocycles. The number of alkyl halides is 2. The molecular weight excluding hydrogens is 346 g/mol. The van der Waals surface area contributed by atoms with Crippen LogP contribution in [0.1, 0.15) is 26.2 Å². The number of nitrogens with one attached hydrogen (secondary N) is 1. The van der Waals surface area contributed by atoms with Gasteiger partial charge in [0.25, 0.3) is 0 Å². The van der Waals surface area contributed by atoms with Crippen molar-refractivity contribution in [3.63, 3.8) is 0 Å². The molecule has 1 amide bonds. The van der Waals surface area contributed by atoms with Gasteiger partial charge in [0, 0.05) is 31.3 Å². The zero-order chi connectivity index (χ0) is 18.7. The highest BCUT2D eigenvalue weighted by molar-refractivity contribution is 5.74. The zero-order valence-electron chi connectivity index (χ0n) is 14.7. The van der Waals surface area contributed by atoms with Gasteiger partial charge in [-0.05, 0) is 37.3 Å². The van der Waals surface area contributed by atoms with Crippen LogP contribution in [0, 0.1) is 5.92 Å². The molecule has 1 aromatic rings. The van der Waals surface area contributed by atoms with Crippen molar-refractivity contribution in [1.29, 1.82) is 0 Å². The Morgan fingerprint density at radius 1 is 1.38 bits per heavy atom. The molecule has 0 aromatic heterocycles. The van der Waals surface area contributed by atoms with E-state index in [1.165, 1.54) is 13.0 Å². The molecule has 1 aliphatic heterocycles. The van der Waals surface area contributed by atoms with E-state index in [2.05, 4.69) is 10.1 Å². The number of rotatable bonds is 8. The second-order valence-corrected chi connectivity index (χ2v) is 6.88. The molecule has 144 valence electrons. The van der Waals surface area contributed by atoms with Gasteiger partial charge in [0.2, 0.25) is 5.91 Å². The van der Waals surface area contributed by atoms with E-state index >= 15 is 0 Å². The SMILES string of the molecule is CC(=O)N1C[C@@H](Nc2ccc(OC(F)F)c(OCC3CC3)c2)C[C@H]1CO. The Morgan fingerprint density at radius 3 is 2.73 bits per heavy atom. The Bertz CT molecular complexity index is 640. The standard InChI is InChI=1S/C18H24F2N2O4/c1-11(24)22-8-14(6-15(22)9-23)21-13-4-5-16(26-18(19)20)17(7-13)25-10-12-2-3-12/h4-5,7,12,14-15,18,21,23H,2-3,6,8-10H2,1H3/t14-,15-/m0/s1. The molecule has 1 heterocycles. The molecule has 1 saturated heterocycles. The van der Waals surface area contributed by atoms with E-state index < -0.39 is 6.61 Å². The molecule has 26 heavy (non-hydrogen) atoms.